The lowest BCUT2D eigenvalue weighted by molar-refractivity contribution is 1.05. The predicted molar refractivity (Wildman–Crippen MR) is 46.4 cm³/mol. The first-order chi connectivity index (χ1) is 4.77. The summed E-state index contributed by atoms with van der Waals surface area (Å²) in [6.07, 6.45) is 6.54. The molecule has 0 aliphatic heterocycles. The Kier molecular flexibility index (Phi) is 2.56. The first kappa shape index (κ1) is 7.87. The average molecular weight is 157 g/mol. The second-order valence-corrected chi connectivity index (χ2v) is 3.04. The molecule has 1 aliphatic rings. The fraction of sp³-hybridized carbons (Fsp3) is 0.556. The van der Waals surface area contributed by atoms with Crippen molar-refractivity contribution in [1.29, 1.82) is 0 Å². The molecule has 0 amide bonds. The lowest BCUT2D eigenvalue weighted by Gasteiger charge is -1.99. The lowest BCUT2D eigenvalue weighted by atomic mass is 10.2. The van der Waals surface area contributed by atoms with Crippen molar-refractivity contribution >= 4 is 11.6 Å². The van der Waals surface area contributed by atoms with E-state index in [1.54, 1.807) is 0 Å². The summed E-state index contributed by atoms with van der Waals surface area (Å²) >= 11 is 6.01. The fourth-order valence-electron chi connectivity index (χ4n) is 1.18. The Balaban J connectivity index is 2.67. The Labute approximate surface area is 67.6 Å². The van der Waals surface area contributed by atoms with Crippen molar-refractivity contribution in [2.75, 3.05) is 0 Å². The van der Waals surface area contributed by atoms with Crippen LogP contribution in [0.2, 0.25) is 0 Å². The molecule has 0 fully saturated rings. The van der Waals surface area contributed by atoms with Crippen molar-refractivity contribution < 1.29 is 0 Å². The number of alkyl halides is 1. The first-order valence-corrected chi connectivity index (χ1v) is 4.26. The molecule has 10 heavy (non-hydrogen) atoms. The van der Waals surface area contributed by atoms with Gasteiger partial charge in [-0.05, 0) is 18.4 Å². The number of rotatable bonds is 2. The molecule has 0 radical (unpaired) electrons. The molecule has 0 bridgehead atoms. The normalized spacial score (nSPS) is 24.5. The summed E-state index contributed by atoms with van der Waals surface area (Å²) in [5.74, 6) is 0. The van der Waals surface area contributed by atoms with Gasteiger partial charge in [-0.1, -0.05) is 31.6 Å². The third-order valence-corrected chi connectivity index (χ3v) is 2.31. The van der Waals surface area contributed by atoms with Crippen LogP contribution in [0, 0.1) is 0 Å². The van der Waals surface area contributed by atoms with Crippen molar-refractivity contribution in [3.05, 3.63) is 23.3 Å². The van der Waals surface area contributed by atoms with E-state index in [4.69, 9.17) is 11.6 Å². The number of allylic oxidation sites excluding steroid dienone is 4. The van der Waals surface area contributed by atoms with Crippen LogP contribution in [-0.2, 0) is 0 Å². The molecule has 0 aromatic rings. The zero-order chi connectivity index (χ0) is 7.56. The van der Waals surface area contributed by atoms with Gasteiger partial charge in [0.2, 0.25) is 0 Å². The number of halogens is 1. The molecule has 1 heteroatoms. The van der Waals surface area contributed by atoms with Gasteiger partial charge in [-0.15, -0.1) is 11.6 Å². The molecular formula is C9H13Cl. The van der Waals surface area contributed by atoms with Gasteiger partial charge in [0, 0.05) is 0 Å². The Morgan fingerprint density at radius 2 is 2.10 bits per heavy atom. The molecule has 56 valence electrons. The molecule has 0 aromatic heterocycles. The Bertz CT molecular complexity index is 177. The molecule has 1 rings (SSSR count). The maximum Gasteiger partial charge on any atom is 0.0734 e. The van der Waals surface area contributed by atoms with E-state index in [9.17, 15) is 0 Å². The second-order valence-electron chi connectivity index (χ2n) is 2.57. The molecular weight excluding hydrogens is 144 g/mol. The molecule has 0 saturated carbocycles. The summed E-state index contributed by atoms with van der Waals surface area (Å²) in [7, 11) is 0. The van der Waals surface area contributed by atoms with E-state index in [0.717, 1.165) is 12.8 Å². The van der Waals surface area contributed by atoms with Gasteiger partial charge in [-0.3, -0.25) is 0 Å². The van der Waals surface area contributed by atoms with Crippen LogP contribution in [0.1, 0.15) is 26.7 Å². The van der Waals surface area contributed by atoms with E-state index >= 15 is 0 Å². The molecule has 1 atom stereocenters. The molecule has 0 N–H and O–H groups in total. The van der Waals surface area contributed by atoms with E-state index < -0.39 is 0 Å². The highest BCUT2D eigenvalue weighted by molar-refractivity contribution is 6.24. The fourth-order valence-corrected chi connectivity index (χ4v) is 1.56. The second kappa shape index (κ2) is 3.25. The van der Waals surface area contributed by atoms with Gasteiger partial charge >= 0.3 is 0 Å². The summed E-state index contributed by atoms with van der Waals surface area (Å²) < 4.78 is 0. The Hall–Kier alpha value is -0.230. The van der Waals surface area contributed by atoms with E-state index in [1.165, 1.54) is 11.1 Å². The third-order valence-electron chi connectivity index (χ3n) is 1.90. The quantitative estimate of drug-likeness (QED) is 0.539. The topological polar surface area (TPSA) is 0 Å². The van der Waals surface area contributed by atoms with Gasteiger partial charge < -0.3 is 0 Å². The lowest BCUT2D eigenvalue weighted by Crippen LogP contribution is -1.91. The highest BCUT2D eigenvalue weighted by Gasteiger charge is 2.12. The summed E-state index contributed by atoms with van der Waals surface area (Å²) in [6.45, 7) is 4.30. The van der Waals surface area contributed by atoms with E-state index in [1.807, 2.05) is 0 Å². The summed E-state index contributed by atoms with van der Waals surface area (Å²) in [4.78, 5) is 0. The monoisotopic (exact) mass is 156 g/mol. The standard InChI is InChI=1S/C9H13Cl/c1-3-7-5-8(4-2)9(10)6-7/h5-6,9H,3-4H2,1-2H3. The van der Waals surface area contributed by atoms with E-state index in [-0.39, 0.29) is 5.38 Å². The van der Waals surface area contributed by atoms with Gasteiger partial charge in [-0.25, -0.2) is 0 Å². The van der Waals surface area contributed by atoms with Crippen molar-refractivity contribution in [2.24, 2.45) is 0 Å². The minimum Gasteiger partial charge on any atom is -0.114 e. The van der Waals surface area contributed by atoms with Gasteiger partial charge in [0.05, 0.1) is 5.38 Å². The smallest absolute Gasteiger partial charge is 0.0734 e. The van der Waals surface area contributed by atoms with Crippen LogP contribution in [-0.4, -0.2) is 5.38 Å². The van der Waals surface area contributed by atoms with Crippen LogP contribution in [0.25, 0.3) is 0 Å². The zero-order valence-corrected chi connectivity index (χ0v) is 7.28. The minimum absolute atomic E-state index is 0.181. The molecule has 0 spiro atoms. The van der Waals surface area contributed by atoms with Gasteiger partial charge in [-0.2, -0.15) is 0 Å². The van der Waals surface area contributed by atoms with Crippen LogP contribution in [0.5, 0.6) is 0 Å². The molecule has 0 nitrogen and oxygen atoms in total. The molecule has 0 aromatic carbocycles. The van der Waals surface area contributed by atoms with Crippen molar-refractivity contribution in [1.82, 2.24) is 0 Å². The van der Waals surface area contributed by atoms with Crippen LogP contribution >= 0.6 is 11.6 Å². The van der Waals surface area contributed by atoms with Crippen LogP contribution < -0.4 is 0 Å². The van der Waals surface area contributed by atoms with Crippen molar-refractivity contribution in [2.45, 2.75) is 32.1 Å². The van der Waals surface area contributed by atoms with Crippen LogP contribution in [0.4, 0.5) is 0 Å². The maximum atomic E-state index is 6.01. The highest BCUT2D eigenvalue weighted by Crippen LogP contribution is 2.26. The van der Waals surface area contributed by atoms with Gasteiger partial charge in [0.15, 0.2) is 0 Å². The van der Waals surface area contributed by atoms with Crippen molar-refractivity contribution in [3.8, 4) is 0 Å². The van der Waals surface area contributed by atoms with Crippen LogP contribution in [0.3, 0.4) is 0 Å². The third kappa shape index (κ3) is 1.43. The summed E-state index contributed by atoms with van der Waals surface area (Å²) in [5.41, 5.74) is 2.75. The Morgan fingerprint density at radius 3 is 2.40 bits per heavy atom. The molecule has 0 heterocycles. The van der Waals surface area contributed by atoms with Gasteiger partial charge in [0.1, 0.15) is 0 Å². The predicted octanol–water partition coefficient (Wildman–Crippen LogP) is 3.28. The molecule has 0 saturated heterocycles. The zero-order valence-electron chi connectivity index (χ0n) is 6.52. The van der Waals surface area contributed by atoms with E-state index in [0.29, 0.717) is 0 Å². The average Bonchev–Trinajstić information content (AvgIpc) is 2.30. The summed E-state index contributed by atoms with van der Waals surface area (Å²) in [5, 5.41) is 0.181. The Morgan fingerprint density at radius 1 is 1.40 bits per heavy atom. The van der Waals surface area contributed by atoms with Crippen molar-refractivity contribution in [3.63, 3.8) is 0 Å². The SMILES string of the molecule is CCC1=CC(Cl)C(CC)=C1. The van der Waals surface area contributed by atoms with E-state index in [2.05, 4.69) is 26.0 Å². The first-order valence-electron chi connectivity index (χ1n) is 3.83. The largest absolute Gasteiger partial charge is 0.114 e. The minimum atomic E-state index is 0.181. The highest BCUT2D eigenvalue weighted by atomic mass is 35.5. The maximum absolute atomic E-state index is 6.01. The van der Waals surface area contributed by atoms with Gasteiger partial charge in [0.25, 0.3) is 0 Å². The molecule has 1 aliphatic carbocycles. The number of hydrogen-bond acceptors (Lipinski definition) is 0. The number of hydrogen-bond donors (Lipinski definition) is 0. The molecule has 1 unspecified atom stereocenters. The summed E-state index contributed by atoms with van der Waals surface area (Å²) in [6, 6.07) is 0. The van der Waals surface area contributed by atoms with Crippen LogP contribution in [0.15, 0.2) is 23.3 Å².